The van der Waals surface area contributed by atoms with Gasteiger partial charge in [0.15, 0.2) is 0 Å². The number of fused-ring (bicyclic) bond motifs is 8. The van der Waals surface area contributed by atoms with Gasteiger partial charge in [0.1, 0.15) is 0 Å². The molecule has 1 aliphatic rings. The summed E-state index contributed by atoms with van der Waals surface area (Å²) in [6.07, 6.45) is 0. The highest BCUT2D eigenvalue weighted by Crippen LogP contribution is 2.47. The first-order valence-corrected chi connectivity index (χ1v) is 15.0. The van der Waals surface area contributed by atoms with Crippen LogP contribution in [0, 0.1) is 0 Å². The predicted octanol–water partition coefficient (Wildman–Crippen LogP) is 11.0. The number of rotatable bonds is 3. The van der Waals surface area contributed by atoms with E-state index < -0.39 is 0 Å². The van der Waals surface area contributed by atoms with Crippen LogP contribution >= 0.6 is 0 Å². The van der Waals surface area contributed by atoms with Crippen molar-refractivity contribution in [1.29, 1.82) is 0 Å². The fraction of sp³-hybridized carbons (Fsp3) is 0. The third-order valence-electron chi connectivity index (χ3n) is 8.75. The van der Waals surface area contributed by atoms with E-state index in [1.807, 2.05) is 0 Å². The van der Waals surface area contributed by atoms with Crippen molar-refractivity contribution in [3.8, 4) is 39.1 Å². The molecule has 2 heterocycles. The quantitative estimate of drug-likeness (QED) is 0.214. The fourth-order valence-corrected chi connectivity index (χ4v) is 6.58. The summed E-state index contributed by atoms with van der Waals surface area (Å²) in [4.78, 5) is 7.49. The second-order valence-corrected chi connectivity index (χ2v) is 11.3. The van der Waals surface area contributed by atoms with Crippen LogP contribution in [0.1, 0.15) is 0 Å². The summed E-state index contributed by atoms with van der Waals surface area (Å²) in [7, 11) is 0. The van der Waals surface area contributed by atoms with Crippen molar-refractivity contribution in [2.75, 3.05) is 4.90 Å². The van der Waals surface area contributed by atoms with E-state index >= 15 is 0 Å². The van der Waals surface area contributed by atoms with E-state index in [4.69, 9.17) is 4.98 Å². The van der Waals surface area contributed by atoms with Crippen molar-refractivity contribution < 1.29 is 0 Å². The Morgan fingerprint density at radius 3 is 1.73 bits per heavy atom. The molecule has 0 saturated carbocycles. The molecule has 44 heavy (non-hydrogen) atoms. The molecule has 0 spiro atoms. The summed E-state index contributed by atoms with van der Waals surface area (Å²) >= 11 is 0. The van der Waals surface area contributed by atoms with Crippen LogP contribution in [0.4, 0.5) is 17.3 Å². The monoisotopic (exact) mass is 561 g/mol. The van der Waals surface area contributed by atoms with E-state index in [0.717, 1.165) is 34.0 Å². The van der Waals surface area contributed by atoms with Gasteiger partial charge in [-0.05, 0) is 75.5 Å². The average Bonchev–Trinajstić information content (AvgIpc) is 3.42. The van der Waals surface area contributed by atoms with Crippen LogP contribution in [0.5, 0.6) is 0 Å². The molecule has 7 aromatic carbocycles. The molecule has 0 atom stereocenters. The zero-order chi connectivity index (χ0) is 29.0. The van der Waals surface area contributed by atoms with Crippen LogP contribution in [0.25, 0.3) is 60.9 Å². The van der Waals surface area contributed by atoms with Gasteiger partial charge in [-0.3, -0.25) is 9.47 Å². The zero-order valence-corrected chi connectivity index (χ0v) is 23.9. The summed E-state index contributed by atoms with van der Waals surface area (Å²) in [5, 5.41) is 2.52. The third-order valence-corrected chi connectivity index (χ3v) is 8.75. The first-order chi connectivity index (χ1) is 21.8. The largest absolute Gasteiger partial charge is 0.280 e. The van der Waals surface area contributed by atoms with Gasteiger partial charge in [0.05, 0.1) is 22.4 Å². The van der Waals surface area contributed by atoms with Crippen molar-refractivity contribution in [2.45, 2.75) is 0 Å². The smallest absolute Gasteiger partial charge is 0.220 e. The van der Waals surface area contributed by atoms with E-state index in [-0.39, 0.29) is 0 Å². The lowest BCUT2D eigenvalue weighted by Crippen LogP contribution is -2.14. The Labute approximate surface area is 255 Å². The van der Waals surface area contributed by atoms with Crippen molar-refractivity contribution in [3.05, 3.63) is 164 Å². The van der Waals surface area contributed by atoms with Crippen LogP contribution in [0.15, 0.2) is 164 Å². The summed E-state index contributed by atoms with van der Waals surface area (Å²) in [5.74, 6) is 0.885. The van der Waals surface area contributed by atoms with E-state index in [1.54, 1.807) is 0 Å². The topological polar surface area (TPSA) is 21.1 Å². The second kappa shape index (κ2) is 9.82. The first-order valence-electron chi connectivity index (χ1n) is 15.0. The summed E-state index contributed by atoms with van der Waals surface area (Å²) in [5.41, 5.74) is 12.6. The summed E-state index contributed by atoms with van der Waals surface area (Å²) in [6.45, 7) is 0. The molecule has 9 rings (SSSR count). The Bertz CT molecular complexity index is 2330. The molecular weight excluding hydrogens is 534 g/mol. The molecule has 1 aromatic heterocycles. The maximum atomic E-state index is 5.20. The summed E-state index contributed by atoms with van der Waals surface area (Å²) < 4.78 is 2.30. The highest BCUT2D eigenvalue weighted by atomic mass is 15.3. The van der Waals surface area contributed by atoms with Crippen LogP contribution in [0.3, 0.4) is 0 Å². The van der Waals surface area contributed by atoms with Gasteiger partial charge in [0.2, 0.25) is 5.95 Å². The SMILES string of the molecule is c1ccc2c(c1)-c1ccccc1-n1c(nc3ccccc31)N2c1ccc(-c2ccc(-c3ccc4ccccc4c3)cc2)cc1. The number of aromatic nitrogens is 2. The highest BCUT2D eigenvalue weighted by molar-refractivity contribution is 5.96. The van der Waals surface area contributed by atoms with Crippen molar-refractivity contribution in [3.63, 3.8) is 0 Å². The Morgan fingerprint density at radius 2 is 0.955 bits per heavy atom. The standard InChI is InChI=1S/C41H27N3/c1-2-10-32-27-33(22-21-28(32)9-1)31-19-17-29(18-20-31)30-23-25-34(26-24-30)43-38-14-6-3-11-35(38)36-12-4-7-15-39(36)44-40-16-8-5-13-37(40)42-41(43)44/h1-27H. The van der Waals surface area contributed by atoms with Crippen LogP contribution < -0.4 is 4.90 Å². The second-order valence-electron chi connectivity index (χ2n) is 11.3. The van der Waals surface area contributed by atoms with E-state index in [1.165, 1.54) is 44.2 Å². The molecular formula is C41H27N3. The van der Waals surface area contributed by atoms with Crippen LogP contribution in [-0.4, -0.2) is 9.55 Å². The third kappa shape index (κ3) is 3.87. The molecule has 3 nitrogen and oxygen atoms in total. The van der Waals surface area contributed by atoms with E-state index in [0.29, 0.717) is 0 Å². The van der Waals surface area contributed by atoms with Crippen LogP contribution in [0.2, 0.25) is 0 Å². The molecule has 0 fully saturated rings. The molecule has 0 amide bonds. The number of hydrogen-bond donors (Lipinski definition) is 0. The van der Waals surface area contributed by atoms with E-state index in [9.17, 15) is 0 Å². The number of hydrogen-bond acceptors (Lipinski definition) is 2. The molecule has 3 heteroatoms. The minimum atomic E-state index is 0.885. The zero-order valence-electron chi connectivity index (χ0n) is 23.9. The number of para-hydroxylation sites is 4. The molecule has 206 valence electrons. The molecule has 0 saturated heterocycles. The molecule has 1 aliphatic heterocycles. The molecule has 0 aliphatic carbocycles. The van der Waals surface area contributed by atoms with Crippen molar-refractivity contribution >= 4 is 39.1 Å². The fourth-order valence-electron chi connectivity index (χ4n) is 6.58. The van der Waals surface area contributed by atoms with Crippen molar-refractivity contribution in [2.24, 2.45) is 0 Å². The number of imidazole rings is 1. The number of benzene rings is 7. The summed E-state index contributed by atoms with van der Waals surface area (Å²) in [6, 6.07) is 58.6. The minimum absolute atomic E-state index is 0.885. The van der Waals surface area contributed by atoms with Crippen LogP contribution in [-0.2, 0) is 0 Å². The Balaban J connectivity index is 1.13. The molecule has 0 radical (unpaired) electrons. The normalized spacial score (nSPS) is 12.0. The van der Waals surface area contributed by atoms with Gasteiger partial charge in [-0.2, -0.15) is 0 Å². The van der Waals surface area contributed by atoms with E-state index in [2.05, 4.69) is 173 Å². The van der Waals surface area contributed by atoms with Gasteiger partial charge in [-0.15, -0.1) is 0 Å². The van der Waals surface area contributed by atoms with Gasteiger partial charge in [0, 0.05) is 16.8 Å². The Kier molecular flexibility index (Phi) is 5.50. The number of anilines is 3. The maximum absolute atomic E-state index is 5.20. The van der Waals surface area contributed by atoms with Gasteiger partial charge < -0.3 is 0 Å². The predicted molar refractivity (Wildman–Crippen MR) is 183 cm³/mol. The lowest BCUT2D eigenvalue weighted by Gasteiger charge is -2.24. The lowest BCUT2D eigenvalue weighted by molar-refractivity contribution is 1.05. The Morgan fingerprint density at radius 1 is 0.409 bits per heavy atom. The molecule has 8 aromatic rings. The lowest BCUT2D eigenvalue weighted by atomic mass is 9.98. The molecule has 0 bridgehead atoms. The maximum Gasteiger partial charge on any atom is 0.220 e. The highest BCUT2D eigenvalue weighted by Gasteiger charge is 2.28. The van der Waals surface area contributed by atoms with Gasteiger partial charge >= 0.3 is 0 Å². The molecule has 0 unspecified atom stereocenters. The van der Waals surface area contributed by atoms with Gasteiger partial charge in [-0.1, -0.05) is 121 Å². The van der Waals surface area contributed by atoms with Gasteiger partial charge in [-0.25, -0.2) is 4.98 Å². The first kappa shape index (κ1) is 24.6. The average molecular weight is 562 g/mol. The Hall–Kier alpha value is -5.93. The van der Waals surface area contributed by atoms with Gasteiger partial charge in [0.25, 0.3) is 0 Å². The minimum Gasteiger partial charge on any atom is -0.280 e. The van der Waals surface area contributed by atoms with Crippen molar-refractivity contribution in [1.82, 2.24) is 9.55 Å². The number of nitrogens with zero attached hydrogens (tertiary/aromatic N) is 3. The molecule has 0 N–H and O–H groups in total.